The van der Waals surface area contributed by atoms with Gasteiger partial charge in [0.2, 0.25) is 0 Å². The molecule has 0 bridgehead atoms. The van der Waals surface area contributed by atoms with Crippen molar-refractivity contribution in [2.75, 3.05) is 6.61 Å². The van der Waals surface area contributed by atoms with Crippen molar-refractivity contribution >= 4 is 11.6 Å². The fourth-order valence-electron chi connectivity index (χ4n) is 0.660. The first-order valence-corrected chi connectivity index (χ1v) is 3.33. The first-order valence-electron chi connectivity index (χ1n) is 3.33. The third-order valence-corrected chi connectivity index (χ3v) is 1.31. The highest BCUT2D eigenvalue weighted by Crippen LogP contribution is 2.09. The van der Waals surface area contributed by atoms with Crippen LogP contribution in [0.4, 0.5) is 0 Å². The van der Waals surface area contributed by atoms with Crippen molar-refractivity contribution in [3.05, 3.63) is 0 Å². The van der Waals surface area contributed by atoms with E-state index in [1.807, 2.05) is 0 Å². The van der Waals surface area contributed by atoms with E-state index in [0.29, 0.717) is 0 Å². The summed E-state index contributed by atoms with van der Waals surface area (Å²) in [7, 11) is 0. The number of Topliss-reactive ketones (excluding diaryl/α,β-unsaturated/α-hetero) is 2. The van der Waals surface area contributed by atoms with Crippen LogP contribution in [-0.2, 0) is 14.3 Å². The summed E-state index contributed by atoms with van der Waals surface area (Å²) in [6.07, 6.45) is 0. The molecule has 0 spiro atoms. The zero-order chi connectivity index (χ0) is 9.07. The van der Waals surface area contributed by atoms with E-state index >= 15 is 0 Å². The molecule has 64 valence electrons. The van der Waals surface area contributed by atoms with Gasteiger partial charge >= 0.3 is 0 Å². The quantitative estimate of drug-likeness (QED) is 0.460. The van der Waals surface area contributed by atoms with Gasteiger partial charge in [-0.25, -0.2) is 0 Å². The highest BCUT2D eigenvalue weighted by molar-refractivity contribution is 6.06. The minimum atomic E-state index is -2.23. The van der Waals surface area contributed by atoms with Gasteiger partial charge in [-0.1, -0.05) is 0 Å². The summed E-state index contributed by atoms with van der Waals surface area (Å²) in [5.41, 5.74) is 0. The Hall–Kier alpha value is -0.740. The van der Waals surface area contributed by atoms with Crippen LogP contribution in [0, 0.1) is 0 Å². The minimum absolute atomic E-state index is 0.121. The number of carbonyl (C=O) groups excluding carboxylic acids is 2. The summed E-state index contributed by atoms with van der Waals surface area (Å²) in [4.78, 5) is 21.4. The van der Waals surface area contributed by atoms with Gasteiger partial charge in [-0.15, -0.1) is 0 Å². The van der Waals surface area contributed by atoms with Crippen LogP contribution in [0.5, 0.6) is 0 Å². The van der Waals surface area contributed by atoms with Crippen LogP contribution >= 0.6 is 0 Å². The summed E-state index contributed by atoms with van der Waals surface area (Å²) in [6.45, 7) is 3.93. The van der Waals surface area contributed by atoms with Gasteiger partial charge in [-0.05, 0) is 6.92 Å². The number of hydrogen-bond donors (Lipinski definition) is 1. The third kappa shape index (κ3) is 2.10. The van der Waals surface area contributed by atoms with Crippen LogP contribution in [0.3, 0.4) is 0 Å². The van der Waals surface area contributed by atoms with E-state index in [2.05, 4.69) is 4.74 Å². The average Bonchev–Trinajstić information content (AvgIpc) is 1.87. The molecule has 0 aromatic rings. The Balaban J connectivity index is 4.52. The van der Waals surface area contributed by atoms with Crippen molar-refractivity contribution in [2.24, 2.45) is 0 Å². The van der Waals surface area contributed by atoms with E-state index in [0.717, 1.165) is 13.8 Å². The van der Waals surface area contributed by atoms with Gasteiger partial charge in [0.15, 0.2) is 11.6 Å². The molecule has 11 heavy (non-hydrogen) atoms. The SMILES string of the molecule is CCOC(O)(C(C)=O)C(C)=O. The van der Waals surface area contributed by atoms with E-state index in [1.165, 1.54) is 0 Å². The Morgan fingerprint density at radius 2 is 1.73 bits per heavy atom. The van der Waals surface area contributed by atoms with Crippen molar-refractivity contribution in [2.45, 2.75) is 26.6 Å². The Morgan fingerprint density at radius 1 is 1.36 bits per heavy atom. The summed E-state index contributed by atoms with van der Waals surface area (Å²) >= 11 is 0. The maximum atomic E-state index is 10.7. The molecule has 0 saturated heterocycles. The molecule has 0 fully saturated rings. The summed E-state index contributed by atoms with van der Waals surface area (Å²) in [5.74, 6) is -3.60. The molecule has 0 radical (unpaired) electrons. The number of rotatable bonds is 4. The lowest BCUT2D eigenvalue weighted by molar-refractivity contribution is -0.201. The average molecular weight is 160 g/mol. The third-order valence-electron chi connectivity index (χ3n) is 1.31. The standard InChI is InChI=1S/C7H12O4/c1-4-11-7(10,5(2)8)6(3)9/h10H,4H2,1-3H3. The molecule has 0 unspecified atom stereocenters. The smallest absolute Gasteiger partial charge is 0.287 e. The number of aliphatic hydroxyl groups is 1. The van der Waals surface area contributed by atoms with Gasteiger partial charge in [0.1, 0.15) is 0 Å². The molecule has 4 heteroatoms. The van der Waals surface area contributed by atoms with E-state index in [9.17, 15) is 14.7 Å². The number of hydrogen-bond acceptors (Lipinski definition) is 4. The first kappa shape index (κ1) is 10.3. The zero-order valence-electron chi connectivity index (χ0n) is 6.88. The van der Waals surface area contributed by atoms with Crippen LogP contribution in [0.2, 0.25) is 0 Å². The molecule has 0 saturated carbocycles. The Bertz CT molecular complexity index is 159. The van der Waals surface area contributed by atoms with Gasteiger partial charge < -0.3 is 9.84 Å². The Labute approximate surface area is 65.2 Å². The van der Waals surface area contributed by atoms with E-state index < -0.39 is 17.4 Å². The first-order chi connectivity index (χ1) is 4.95. The molecule has 0 atom stereocenters. The second-order valence-electron chi connectivity index (χ2n) is 2.19. The van der Waals surface area contributed by atoms with Crippen LogP contribution in [0.1, 0.15) is 20.8 Å². The van der Waals surface area contributed by atoms with E-state index in [4.69, 9.17) is 0 Å². The highest BCUT2D eigenvalue weighted by Gasteiger charge is 2.38. The maximum absolute atomic E-state index is 10.7. The van der Waals surface area contributed by atoms with Gasteiger partial charge in [0.05, 0.1) is 0 Å². The molecule has 0 amide bonds. The van der Waals surface area contributed by atoms with Gasteiger partial charge in [0, 0.05) is 20.5 Å². The van der Waals surface area contributed by atoms with Crippen molar-refractivity contribution in [1.29, 1.82) is 0 Å². The molecule has 0 aliphatic heterocycles. The lowest BCUT2D eigenvalue weighted by Crippen LogP contribution is -2.46. The van der Waals surface area contributed by atoms with Crippen molar-refractivity contribution in [3.8, 4) is 0 Å². The molecule has 0 heterocycles. The number of carbonyl (C=O) groups is 2. The van der Waals surface area contributed by atoms with Crippen LogP contribution in [0.25, 0.3) is 0 Å². The molecule has 0 aliphatic rings. The topological polar surface area (TPSA) is 63.6 Å². The van der Waals surface area contributed by atoms with Crippen molar-refractivity contribution in [1.82, 2.24) is 0 Å². The minimum Gasteiger partial charge on any atom is -0.354 e. The Morgan fingerprint density at radius 3 is 1.82 bits per heavy atom. The van der Waals surface area contributed by atoms with Crippen molar-refractivity contribution in [3.63, 3.8) is 0 Å². The lowest BCUT2D eigenvalue weighted by atomic mass is 10.1. The second kappa shape index (κ2) is 3.59. The monoisotopic (exact) mass is 160 g/mol. The maximum Gasteiger partial charge on any atom is 0.287 e. The summed E-state index contributed by atoms with van der Waals surface area (Å²) in [6, 6.07) is 0. The summed E-state index contributed by atoms with van der Waals surface area (Å²) in [5, 5.41) is 9.24. The molecular weight excluding hydrogens is 148 g/mol. The Kier molecular flexibility index (Phi) is 3.35. The molecule has 4 nitrogen and oxygen atoms in total. The molecule has 1 N–H and O–H groups in total. The van der Waals surface area contributed by atoms with Crippen LogP contribution < -0.4 is 0 Å². The second-order valence-corrected chi connectivity index (χ2v) is 2.19. The normalized spacial score (nSPS) is 11.3. The van der Waals surface area contributed by atoms with Crippen molar-refractivity contribution < 1.29 is 19.4 Å². The lowest BCUT2D eigenvalue weighted by Gasteiger charge is -2.20. The van der Waals surface area contributed by atoms with E-state index in [-0.39, 0.29) is 6.61 Å². The molecule has 0 aromatic heterocycles. The number of ether oxygens (including phenoxy) is 1. The van der Waals surface area contributed by atoms with Gasteiger partial charge in [0.25, 0.3) is 5.79 Å². The molecule has 0 aliphatic carbocycles. The fourth-order valence-corrected chi connectivity index (χ4v) is 0.660. The highest BCUT2D eigenvalue weighted by atomic mass is 16.6. The molecular formula is C7H12O4. The predicted molar refractivity (Wildman–Crippen MR) is 37.9 cm³/mol. The molecule has 0 rings (SSSR count). The van der Waals surface area contributed by atoms with Crippen LogP contribution in [-0.4, -0.2) is 29.1 Å². The number of ketones is 2. The fraction of sp³-hybridized carbons (Fsp3) is 0.714. The van der Waals surface area contributed by atoms with Gasteiger partial charge in [-0.2, -0.15) is 0 Å². The largest absolute Gasteiger partial charge is 0.354 e. The van der Waals surface area contributed by atoms with Crippen LogP contribution in [0.15, 0.2) is 0 Å². The van der Waals surface area contributed by atoms with Gasteiger partial charge in [-0.3, -0.25) is 9.59 Å². The van der Waals surface area contributed by atoms with E-state index in [1.54, 1.807) is 6.92 Å². The summed E-state index contributed by atoms with van der Waals surface area (Å²) < 4.78 is 4.61. The predicted octanol–water partition coefficient (Wildman–Crippen LogP) is -0.111. The zero-order valence-corrected chi connectivity index (χ0v) is 6.88. The molecule has 0 aromatic carbocycles.